The molecule has 2 unspecified atom stereocenters. The second kappa shape index (κ2) is 7.35. The van der Waals surface area contributed by atoms with Crippen molar-refractivity contribution in [1.82, 2.24) is 25.3 Å². The van der Waals surface area contributed by atoms with Gasteiger partial charge in [-0.3, -0.25) is 9.88 Å². The molecule has 3 aliphatic heterocycles. The van der Waals surface area contributed by atoms with Crippen molar-refractivity contribution in [3.63, 3.8) is 0 Å². The first kappa shape index (κ1) is 20.3. The lowest BCUT2D eigenvalue weighted by atomic mass is 9.77. The Labute approximate surface area is 189 Å². The number of aromatic nitrogens is 3. The van der Waals surface area contributed by atoms with Gasteiger partial charge in [-0.1, -0.05) is 0 Å². The summed E-state index contributed by atoms with van der Waals surface area (Å²) < 4.78 is 0. The van der Waals surface area contributed by atoms with E-state index < -0.39 is 0 Å². The molecule has 0 bridgehead atoms. The maximum Gasteiger partial charge on any atom is 0.144 e. The molecule has 8 nitrogen and oxygen atoms in total. The molecule has 170 valence electrons. The quantitative estimate of drug-likeness (QED) is 0.763. The van der Waals surface area contributed by atoms with E-state index in [1.807, 2.05) is 24.7 Å². The number of fused-ring (bicyclic) bond motifs is 1. The van der Waals surface area contributed by atoms with Gasteiger partial charge in [0.15, 0.2) is 0 Å². The van der Waals surface area contributed by atoms with Crippen LogP contribution >= 0.6 is 0 Å². The van der Waals surface area contributed by atoms with Crippen molar-refractivity contribution in [2.75, 3.05) is 31.1 Å². The Balaban J connectivity index is 1.26. The highest BCUT2D eigenvalue weighted by molar-refractivity contribution is 5.89. The number of likely N-dealkylation sites (tertiary alicyclic amines) is 1. The van der Waals surface area contributed by atoms with E-state index in [1.165, 1.54) is 19.3 Å². The Kier molecular flexibility index (Phi) is 4.66. The van der Waals surface area contributed by atoms with Crippen LogP contribution in [0.25, 0.3) is 10.9 Å². The Morgan fingerprint density at radius 3 is 2.62 bits per heavy atom. The van der Waals surface area contributed by atoms with Gasteiger partial charge in [0.05, 0.1) is 29.3 Å². The SMILES string of the molecule is CC1NN=CC1(C)c1nc(N2CCC3(CC2)CCN([C@@H]2CC[C@H]2O)C3)c2ccncc2n1. The molecule has 3 fully saturated rings. The average molecular weight is 436 g/mol. The zero-order chi connectivity index (χ0) is 21.9. The molecular weight excluding hydrogens is 402 g/mol. The normalized spacial score (nSPS) is 34.2. The molecule has 2 aromatic rings. The van der Waals surface area contributed by atoms with E-state index in [0.29, 0.717) is 11.5 Å². The third-order valence-electron chi connectivity index (χ3n) is 8.72. The Bertz CT molecular complexity index is 1050. The smallest absolute Gasteiger partial charge is 0.144 e. The molecule has 6 rings (SSSR count). The van der Waals surface area contributed by atoms with E-state index in [4.69, 9.17) is 9.97 Å². The van der Waals surface area contributed by atoms with Gasteiger partial charge in [0.25, 0.3) is 0 Å². The van der Waals surface area contributed by atoms with Crippen molar-refractivity contribution in [2.24, 2.45) is 10.5 Å². The average Bonchev–Trinajstić information content (AvgIpc) is 3.36. The number of piperidine rings is 1. The van der Waals surface area contributed by atoms with Crippen molar-refractivity contribution in [2.45, 2.75) is 69.6 Å². The monoisotopic (exact) mass is 435 g/mol. The van der Waals surface area contributed by atoms with Gasteiger partial charge in [-0.25, -0.2) is 9.97 Å². The van der Waals surface area contributed by atoms with Crippen molar-refractivity contribution in [1.29, 1.82) is 0 Å². The molecule has 2 N–H and O–H groups in total. The summed E-state index contributed by atoms with van der Waals surface area (Å²) in [5.74, 6) is 1.83. The van der Waals surface area contributed by atoms with Crippen LogP contribution in [0.5, 0.6) is 0 Å². The lowest BCUT2D eigenvalue weighted by Gasteiger charge is -2.43. The maximum absolute atomic E-state index is 10.1. The molecule has 32 heavy (non-hydrogen) atoms. The maximum atomic E-state index is 10.1. The lowest BCUT2D eigenvalue weighted by molar-refractivity contribution is -0.0164. The molecule has 2 saturated heterocycles. The van der Waals surface area contributed by atoms with Crippen LogP contribution in [0.2, 0.25) is 0 Å². The minimum absolute atomic E-state index is 0.109. The molecule has 1 saturated carbocycles. The summed E-state index contributed by atoms with van der Waals surface area (Å²) >= 11 is 0. The van der Waals surface area contributed by atoms with Crippen LogP contribution in [0.15, 0.2) is 23.6 Å². The van der Waals surface area contributed by atoms with Crippen LogP contribution in [0.1, 0.15) is 51.8 Å². The van der Waals surface area contributed by atoms with E-state index in [2.05, 4.69) is 39.2 Å². The highest BCUT2D eigenvalue weighted by atomic mass is 16.3. The Morgan fingerprint density at radius 1 is 1.12 bits per heavy atom. The molecular formula is C24H33N7O. The second-order valence-corrected chi connectivity index (χ2v) is 10.6. The summed E-state index contributed by atoms with van der Waals surface area (Å²) in [4.78, 5) is 19.4. The number of pyridine rings is 1. The van der Waals surface area contributed by atoms with Gasteiger partial charge in [-0.15, -0.1) is 0 Å². The zero-order valence-corrected chi connectivity index (χ0v) is 19.0. The van der Waals surface area contributed by atoms with Gasteiger partial charge < -0.3 is 15.4 Å². The van der Waals surface area contributed by atoms with Crippen LogP contribution < -0.4 is 10.3 Å². The third-order valence-corrected chi connectivity index (χ3v) is 8.72. The van der Waals surface area contributed by atoms with E-state index in [0.717, 1.165) is 61.6 Å². The first-order valence-electron chi connectivity index (χ1n) is 12.1. The van der Waals surface area contributed by atoms with Crippen LogP contribution in [0.3, 0.4) is 0 Å². The summed E-state index contributed by atoms with van der Waals surface area (Å²) in [6.07, 6.45) is 11.2. The van der Waals surface area contributed by atoms with Gasteiger partial charge in [0.2, 0.25) is 0 Å². The highest BCUT2D eigenvalue weighted by Gasteiger charge is 2.46. The van der Waals surface area contributed by atoms with Gasteiger partial charge in [0, 0.05) is 43.5 Å². The first-order chi connectivity index (χ1) is 15.5. The number of nitrogens with one attached hydrogen (secondary N) is 1. The molecule has 1 aliphatic carbocycles. The predicted octanol–water partition coefficient (Wildman–Crippen LogP) is 2.08. The van der Waals surface area contributed by atoms with Gasteiger partial charge >= 0.3 is 0 Å². The summed E-state index contributed by atoms with van der Waals surface area (Å²) in [6.45, 7) is 8.56. The van der Waals surface area contributed by atoms with Crippen LogP contribution in [-0.2, 0) is 5.41 Å². The minimum Gasteiger partial charge on any atom is -0.391 e. The van der Waals surface area contributed by atoms with E-state index >= 15 is 0 Å². The van der Waals surface area contributed by atoms with E-state index in [1.54, 1.807) is 0 Å². The molecule has 0 amide bonds. The van der Waals surface area contributed by atoms with Gasteiger partial charge in [0.1, 0.15) is 11.6 Å². The number of rotatable bonds is 3. The van der Waals surface area contributed by atoms with Gasteiger partial charge in [-0.05, 0) is 64.0 Å². The minimum atomic E-state index is -0.342. The molecule has 4 aliphatic rings. The second-order valence-electron chi connectivity index (χ2n) is 10.6. The number of aliphatic hydroxyl groups excluding tert-OH is 1. The molecule has 8 heteroatoms. The molecule has 0 radical (unpaired) electrons. The molecule has 0 aromatic carbocycles. The van der Waals surface area contributed by atoms with Crippen LogP contribution in [-0.4, -0.2) is 75.5 Å². The predicted molar refractivity (Wildman–Crippen MR) is 125 cm³/mol. The van der Waals surface area contributed by atoms with Crippen molar-refractivity contribution in [3.8, 4) is 0 Å². The molecule has 1 spiro atoms. The number of anilines is 1. The van der Waals surface area contributed by atoms with Crippen LogP contribution in [0, 0.1) is 5.41 Å². The largest absolute Gasteiger partial charge is 0.391 e. The lowest BCUT2D eigenvalue weighted by Crippen LogP contribution is -2.51. The summed E-state index contributed by atoms with van der Waals surface area (Å²) in [5, 5.41) is 15.5. The van der Waals surface area contributed by atoms with Crippen LogP contribution in [0.4, 0.5) is 5.82 Å². The number of aliphatic hydroxyl groups is 1. The fourth-order valence-electron chi connectivity index (χ4n) is 5.97. The number of nitrogens with zero attached hydrogens (tertiary/aromatic N) is 6. The summed E-state index contributed by atoms with van der Waals surface area (Å²) in [6, 6.07) is 2.58. The topological polar surface area (TPSA) is 89.8 Å². The third kappa shape index (κ3) is 3.10. The number of hydrogen-bond acceptors (Lipinski definition) is 8. The standard InChI is InChI=1S/C24H33N7O/c1-16-23(2,14-26-29-16)22-27-18-13-25-9-5-17(18)21(28-22)30-10-6-24(7-11-30)8-12-31(15-24)19-3-4-20(19)32/h5,9,13-14,16,19-20,29,32H,3-4,6-8,10-12,15H2,1-2H3/t16?,19-,20-,23?/m1/s1. The van der Waals surface area contributed by atoms with Crippen molar-refractivity contribution < 1.29 is 5.11 Å². The van der Waals surface area contributed by atoms with E-state index in [-0.39, 0.29) is 17.6 Å². The Morgan fingerprint density at radius 2 is 1.94 bits per heavy atom. The molecule has 5 heterocycles. The summed E-state index contributed by atoms with van der Waals surface area (Å²) in [5.41, 5.74) is 4.10. The molecule has 4 atom stereocenters. The van der Waals surface area contributed by atoms with Crippen molar-refractivity contribution in [3.05, 3.63) is 24.3 Å². The first-order valence-corrected chi connectivity index (χ1v) is 12.1. The number of hydrazone groups is 1. The zero-order valence-electron chi connectivity index (χ0n) is 19.0. The Hall–Kier alpha value is -2.32. The fraction of sp³-hybridized carbons (Fsp3) is 0.667. The molecule has 2 aromatic heterocycles. The highest BCUT2D eigenvalue weighted by Crippen LogP contribution is 2.44. The van der Waals surface area contributed by atoms with Gasteiger partial charge in [-0.2, -0.15) is 5.10 Å². The van der Waals surface area contributed by atoms with E-state index in [9.17, 15) is 5.11 Å². The summed E-state index contributed by atoms with van der Waals surface area (Å²) in [7, 11) is 0. The van der Waals surface area contributed by atoms with Crippen molar-refractivity contribution >= 4 is 22.9 Å². The fourth-order valence-corrected chi connectivity index (χ4v) is 5.97. The number of hydrogen-bond donors (Lipinski definition) is 2.